The van der Waals surface area contributed by atoms with E-state index in [1.54, 1.807) is 0 Å². The molecular formula is C24H40O4. The van der Waals surface area contributed by atoms with Crippen LogP contribution in [0.25, 0.3) is 0 Å². The molecular weight excluding hydrogens is 352 g/mol. The van der Waals surface area contributed by atoms with Crippen LogP contribution in [0, 0.1) is 11.8 Å². The SMILES string of the molecule is CC/C=C\C/C=C\C/C=C\C/C=C\C[C@@H](CCCC)[C@@H](C(=O)O)[C@H](O)CCO. The second-order valence-electron chi connectivity index (χ2n) is 7.08. The van der Waals surface area contributed by atoms with Crippen molar-refractivity contribution in [2.75, 3.05) is 6.61 Å². The molecule has 0 amide bonds. The molecule has 4 nitrogen and oxygen atoms in total. The number of hydrogen-bond acceptors (Lipinski definition) is 3. The molecule has 0 aromatic rings. The molecule has 0 bridgehead atoms. The van der Waals surface area contributed by atoms with Crippen LogP contribution in [0.15, 0.2) is 48.6 Å². The van der Waals surface area contributed by atoms with Crippen LogP contribution >= 0.6 is 0 Å². The van der Waals surface area contributed by atoms with Crippen LogP contribution in [-0.2, 0) is 4.79 Å². The number of allylic oxidation sites excluding steroid dienone is 8. The van der Waals surface area contributed by atoms with Crippen molar-refractivity contribution in [3.8, 4) is 0 Å². The average molecular weight is 393 g/mol. The van der Waals surface area contributed by atoms with E-state index in [0.717, 1.165) is 44.9 Å². The molecule has 0 saturated carbocycles. The summed E-state index contributed by atoms with van der Waals surface area (Å²) in [6.07, 6.45) is 23.2. The highest BCUT2D eigenvalue weighted by atomic mass is 16.4. The molecule has 160 valence electrons. The lowest BCUT2D eigenvalue weighted by Gasteiger charge is -2.27. The van der Waals surface area contributed by atoms with Crippen LogP contribution in [0.3, 0.4) is 0 Å². The summed E-state index contributed by atoms with van der Waals surface area (Å²) >= 11 is 0. The first-order valence-electron chi connectivity index (χ1n) is 10.7. The summed E-state index contributed by atoms with van der Waals surface area (Å²) in [6, 6.07) is 0. The van der Waals surface area contributed by atoms with E-state index in [1.165, 1.54) is 0 Å². The van der Waals surface area contributed by atoms with Gasteiger partial charge in [-0.05, 0) is 50.9 Å². The summed E-state index contributed by atoms with van der Waals surface area (Å²) < 4.78 is 0. The Bertz CT molecular complexity index is 491. The van der Waals surface area contributed by atoms with Gasteiger partial charge in [0.05, 0.1) is 12.0 Å². The molecule has 0 rings (SSSR count). The lowest BCUT2D eigenvalue weighted by molar-refractivity contribution is -0.149. The number of unbranched alkanes of at least 4 members (excludes halogenated alkanes) is 1. The molecule has 0 aliphatic heterocycles. The molecule has 0 aromatic heterocycles. The minimum absolute atomic E-state index is 0.105. The summed E-state index contributed by atoms with van der Waals surface area (Å²) in [5.41, 5.74) is 0. The summed E-state index contributed by atoms with van der Waals surface area (Å²) in [5.74, 6) is -1.92. The lowest BCUT2D eigenvalue weighted by Crippen LogP contribution is -2.35. The minimum atomic E-state index is -1.00. The standard InChI is InChI=1S/C24H40O4/c1-3-5-7-8-9-10-11-12-13-14-15-16-18-21(17-6-4-2)23(24(27)28)22(26)19-20-25/h5,7,9-10,12-13,15-16,21-23,25-26H,3-4,6,8,11,14,17-20H2,1-2H3,(H,27,28)/b7-5-,10-9-,13-12-,16-15-/t21-,22-,23-/m1/s1. The number of carboxylic acids is 1. The van der Waals surface area contributed by atoms with Crippen LogP contribution in [0.2, 0.25) is 0 Å². The van der Waals surface area contributed by atoms with Gasteiger partial charge in [0.1, 0.15) is 0 Å². The molecule has 0 spiro atoms. The van der Waals surface area contributed by atoms with Gasteiger partial charge >= 0.3 is 5.97 Å². The number of carbonyl (C=O) groups is 1. The monoisotopic (exact) mass is 392 g/mol. The number of carboxylic acid groups (broad SMARTS) is 1. The van der Waals surface area contributed by atoms with Crippen LogP contribution < -0.4 is 0 Å². The highest BCUT2D eigenvalue weighted by Gasteiger charge is 2.33. The van der Waals surface area contributed by atoms with E-state index in [0.29, 0.717) is 6.42 Å². The zero-order valence-electron chi connectivity index (χ0n) is 17.7. The summed E-state index contributed by atoms with van der Waals surface area (Å²) in [7, 11) is 0. The van der Waals surface area contributed by atoms with Crippen molar-refractivity contribution in [1.29, 1.82) is 0 Å². The lowest BCUT2D eigenvalue weighted by atomic mass is 9.81. The third kappa shape index (κ3) is 13.5. The van der Waals surface area contributed by atoms with Crippen molar-refractivity contribution in [2.45, 2.75) is 77.7 Å². The first-order chi connectivity index (χ1) is 13.6. The fourth-order valence-corrected chi connectivity index (χ4v) is 3.15. The van der Waals surface area contributed by atoms with Gasteiger partial charge in [0.15, 0.2) is 0 Å². The van der Waals surface area contributed by atoms with Crippen molar-refractivity contribution >= 4 is 5.97 Å². The number of rotatable bonds is 17. The van der Waals surface area contributed by atoms with Gasteiger partial charge in [0.2, 0.25) is 0 Å². The quantitative estimate of drug-likeness (QED) is 0.288. The molecule has 4 heteroatoms. The van der Waals surface area contributed by atoms with Gasteiger partial charge < -0.3 is 15.3 Å². The molecule has 3 N–H and O–H groups in total. The predicted octanol–water partition coefficient (Wildman–Crippen LogP) is 5.43. The van der Waals surface area contributed by atoms with E-state index in [2.05, 4.69) is 56.4 Å². The molecule has 0 radical (unpaired) electrons. The maximum absolute atomic E-state index is 11.7. The van der Waals surface area contributed by atoms with Gasteiger partial charge in [-0.2, -0.15) is 0 Å². The Balaban J connectivity index is 4.47. The Labute approximate surface area is 171 Å². The first kappa shape index (κ1) is 26.4. The molecule has 28 heavy (non-hydrogen) atoms. The fourth-order valence-electron chi connectivity index (χ4n) is 3.15. The number of aliphatic carboxylic acids is 1. The molecule has 0 aliphatic rings. The smallest absolute Gasteiger partial charge is 0.309 e. The fraction of sp³-hybridized carbons (Fsp3) is 0.625. The Morgan fingerprint density at radius 2 is 1.39 bits per heavy atom. The Morgan fingerprint density at radius 1 is 0.857 bits per heavy atom. The van der Waals surface area contributed by atoms with E-state index < -0.39 is 18.0 Å². The van der Waals surface area contributed by atoms with E-state index >= 15 is 0 Å². The minimum Gasteiger partial charge on any atom is -0.481 e. The Hall–Kier alpha value is -1.65. The van der Waals surface area contributed by atoms with Gasteiger partial charge in [-0.15, -0.1) is 0 Å². The number of aliphatic hydroxyl groups excluding tert-OH is 2. The van der Waals surface area contributed by atoms with Crippen molar-refractivity contribution in [2.24, 2.45) is 11.8 Å². The first-order valence-corrected chi connectivity index (χ1v) is 10.7. The van der Waals surface area contributed by atoms with Gasteiger partial charge in [0.25, 0.3) is 0 Å². The molecule has 0 heterocycles. The maximum Gasteiger partial charge on any atom is 0.309 e. The molecule has 0 aliphatic carbocycles. The summed E-state index contributed by atoms with van der Waals surface area (Å²) in [5, 5.41) is 28.7. The van der Waals surface area contributed by atoms with E-state index in [-0.39, 0.29) is 18.9 Å². The maximum atomic E-state index is 11.7. The van der Waals surface area contributed by atoms with Crippen LogP contribution in [-0.4, -0.2) is 34.0 Å². The normalized spacial score (nSPS) is 15.9. The van der Waals surface area contributed by atoms with Crippen molar-refractivity contribution in [1.82, 2.24) is 0 Å². The van der Waals surface area contributed by atoms with Gasteiger partial charge in [-0.1, -0.05) is 75.3 Å². The highest BCUT2D eigenvalue weighted by molar-refractivity contribution is 5.71. The molecule has 0 aromatic carbocycles. The van der Waals surface area contributed by atoms with Crippen LogP contribution in [0.1, 0.15) is 71.6 Å². The summed E-state index contributed by atoms with van der Waals surface area (Å²) in [6.45, 7) is 4.00. The Morgan fingerprint density at radius 3 is 1.86 bits per heavy atom. The zero-order valence-corrected chi connectivity index (χ0v) is 17.7. The average Bonchev–Trinajstić information content (AvgIpc) is 2.66. The van der Waals surface area contributed by atoms with E-state index in [1.807, 2.05) is 6.08 Å². The number of hydrogen-bond donors (Lipinski definition) is 3. The summed E-state index contributed by atoms with van der Waals surface area (Å²) in [4.78, 5) is 11.7. The molecule has 0 fully saturated rings. The van der Waals surface area contributed by atoms with Gasteiger partial charge in [0, 0.05) is 6.61 Å². The van der Waals surface area contributed by atoms with E-state index in [9.17, 15) is 15.0 Å². The Kier molecular flexibility index (Phi) is 17.6. The zero-order chi connectivity index (χ0) is 21.0. The third-order valence-corrected chi connectivity index (χ3v) is 4.72. The largest absolute Gasteiger partial charge is 0.481 e. The van der Waals surface area contributed by atoms with Crippen molar-refractivity contribution in [3.05, 3.63) is 48.6 Å². The molecule has 0 unspecified atom stereocenters. The van der Waals surface area contributed by atoms with Crippen molar-refractivity contribution in [3.63, 3.8) is 0 Å². The highest BCUT2D eigenvalue weighted by Crippen LogP contribution is 2.27. The van der Waals surface area contributed by atoms with Crippen molar-refractivity contribution < 1.29 is 20.1 Å². The van der Waals surface area contributed by atoms with Crippen LogP contribution in [0.4, 0.5) is 0 Å². The third-order valence-electron chi connectivity index (χ3n) is 4.72. The van der Waals surface area contributed by atoms with Gasteiger partial charge in [-0.25, -0.2) is 0 Å². The van der Waals surface area contributed by atoms with E-state index in [4.69, 9.17) is 5.11 Å². The molecule has 3 atom stereocenters. The topological polar surface area (TPSA) is 77.8 Å². The van der Waals surface area contributed by atoms with Gasteiger partial charge in [-0.3, -0.25) is 4.79 Å². The molecule has 0 saturated heterocycles. The second-order valence-corrected chi connectivity index (χ2v) is 7.08. The van der Waals surface area contributed by atoms with Crippen LogP contribution in [0.5, 0.6) is 0 Å². The second kappa shape index (κ2) is 18.7. The predicted molar refractivity (Wildman–Crippen MR) is 117 cm³/mol. The number of aliphatic hydroxyl groups is 2.